The molecule has 0 fully saturated rings. The second-order valence-corrected chi connectivity index (χ2v) is 3.71. The van der Waals surface area contributed by atoms with Gasteiger partial charge in [0.25, 0.3) is 0 Å². The van der Waals surface area contributed by atoms with Crippen molar-refractivity contribution in [3.8, 4) is 0 Å². The summed E-state index contributed by atoms with van der Waals surface area (Å²) >= 11 is 0. The van der Waals surface area contributed by atoms with Gasteiger partial charge in [0.15, 0.2) is 0 Å². The SMILES string of the molecule is C=CCC(=O)OC[C@]1(OC(C)=O)OC(=O)C=C(C)O1. The minimum absolute atomic E-state index is 0.0288. The fraction of sp³-hybridized carbons (Fsp3) is 0.417. The fourth-order valence-electron chi connectivity index (χ4n) is 1.34. The van der Waals surface area contributed by atoms with Crippen LogP contribution in [0.4, 0.5) is 0 Å². The molecule has 0 aromatic carbocycles. The summed E-state index contributed by atoms with van der Waals surface area (Å²) in [6, 6.07) is 0. The Morgan fingerprint density at radius 3 is 2.68 bits per heavy atom. The molecule has 0 aliphatic carbocycles. The number of hydrogen-bond acceptors (Lipinski definition) is 7. The van der Waals surface area contributed by atoms with Gasteiger partial charge >= 0.3 is 23.9 Å². The van der Waals surface area contributed by atoms with E-state index in [2.05, 4.69) is 6.58 Å². The van der Waals surface area contributed by atoms with Crippen molar-refractivity contribution in [1.29, 1.82) is 0 Å². The first kappa shape index (κ1) is 14.7. The highest BCUT2D eigenvalue weighted by molar-refractivity contribution is 5.83. The van der Waals surface area contributed by atoms with Crippen molar-refractivity contribution in [2.75, 3.05) is 6.61 Å². The Bertz CT molecular complexity index is 437. The van der Waals surface area contributed by atoms with E-state index in [0.717, 1.165) is 13.0 Å². The van der Waals surface area contributed by atoms with Crippen LogP contribution < -0.4 is 0 Å². The molecule has 1 aliphatic rings. The van der Waals surface area contributed by atoms with Gasteiger partial charge in [-0.2, -0.15) is 0 Å². The second kappa shape index (κ2) is 6.03. The summed E-state index contributed by atoms with van der Waals surface area (Å²) in [6.45, 7) is 5.40. The molecule has 7 nitrogen and oxygen atoms in total. The van der Waals surface area contributed by atoms with Crippen LogP contribution in [0.2, 0.25) is 0 Å². The van der Waals surface area contributed by atoms with Gasteiger partial charge in [0.2, 0.25) is 6.61 Å². The van der Waals surface area contributed by atoms with Gasteiger partial charge in [-0.25, -0.2) is 4.79 Å². The van der Waals surface area contributed by atoms with Crippen LogP contribution in [-0.4, -0.2) is 30.5 Å². The maximum Gasteiger partial charge on any atom is 0.458 e. The van der Waals surface area contributed by atoms with Gasteiger partial charge < -0.3 is 18.9 Å². The first-order chi connectivity index (χ1) is 8.87. The zero-order valence-electron chi connectivity index (χ0n) is 10.6. The minimum Gasteiger partial charge on any atom is -0.453 e. The Balaban J connectivity index is 2.79. The molecule has 1 rings (SSSR count). The highest BCUT2D eigenvalue weighted by Crippen LogP contribution is 2.25. The molecule has 1 aliphatic heterocycles. The zero-order valence-corrected chi connectivity index (χ0v) is 10.6. The predicted octanol–water partition coefficient (Wildman–Crippen LogP) is 0.800. The lowest BCUT2D eigenvalue weighted by Gasteiger charge is -2.33. The smallest absolute Gasteiger partial charge is 0.453 e. The van der Waals surface area contributed by atoms with Crippen molar-refractivity contribution in [2.45, 2.75) is 26.2 Å². The summed E-state index contributed by atoms with van der Waals surface area (Å²) in [5, 5.41) is 0. The van der Waals surface area contributed by atoms with E-state index >= 15 is 0 Å². The highest BCUT2D eigenvalue weighted by Gasteiger charge is 2.45. The molecule has 0 unspecified atom stereocenters. The average molecular weight is 270 g/mol. The number of allylic oxidation sites excluding steroid dienone is 1. The van der Waals surface area contributed by atoms with E-state index in [1.807, 2.05) is 0 Å². The first-order valence-corrected chi connectivity index (χ1v) is 5.43. The molecule has 0 aromatic heterocycles. The highest BCUT2D eigenvalue weighted by atomic mass is 16.9. The molecule has 7 heteroatoms. The van der Waals surface area contributed by atoms with Crippen LogP contribution in [0.3, 0.4) is 0 Å². The van der Waals surface area contributed by atoms with Gasteiger partial charge in [0.05, 0.1) is 12.5 Å². The monoisotopic (exact) mass is 270 g/mol. The Labute approximate surface area is 109 Å². The van der Waals surface area contributed by atoms with Gasteiger partial charge in [0.1, 0.15) is 5.76 Å². The van der Waals surface area contributed by atoms with Crippen LogP contribution in [0, 0.1) is 0 Å². The lowest BCUT2D eigenvalue weighted by atomic mass is 10.4. The minimum atomic E-state index is -2.07. The molecule has 1 atom stereocenters. The third-order valence-corrected chi connectivity index (χ3v) is 1.91. The van der Waals surface area contributed by atoms with Crippen LogP contribution in [0.15, 0.2) is 24.5 Å². The molecule has 0 bridgehead atoms. The zero-order chi connectivity index (χ0) is 14.5. The molecule has 0 aromatic rings. The maximum absolute atomic E-state index is 11.3. The van der Waals surface area contributed by atoms with Gasteiger partial charge in [0, 0.05) is 6.92 Å². The van der Waals surface area contributed by atoms with E-state index < -0.39 is 30.5 Å². The maximum atomic E-state index is 11.3. The summed E-state index contributed by atoms with van der Waals surface area (Å²) in [7, 11) is 0. The van der Waals surface area contributed by atoms with Crippen molar-refractivity contribution in [3.05, 3.63) is 24.5 Å². The van der Waals surface area contributed by atoms with Crippen molar-refractivity contribution >= 4 is 17.9 Å². The van der Waals surface area contributed by atoms with Crippen LogP contribution in [0.25, 0.3) is 0 Å². The molecule has 0 radical (unpaired) electrons. The lowest BCUT2D eigenvalue weighted by molar-refractivity contribution is -0.347. The van der Waals surface area contributed by atoms with Crippen molar-refractivity contribution < 1.29 is 33.3 Å². The number of carbonyl (C=O) groups excluding carboxylic acids is 3. The standard InChI is InChI=1S/C12H14O7/c1-4-5-10(14)16-7-12(18-9(3)13)17-8(2)6-11(15)19-12/h4,6H,1,5,7H2,2-3H3/t12-/m0/s1. The molecule has 0 saturated heterocycles. The van der Waals surface area contributed by atoms with Crippen LogP contribution in [-0.2, 0) is 33.3 Å². The summed E-state index contributed by atoms with van der Waals surface area (Å²) in [5.74, 6) is -4.02. The normalized spacial score (nSPS) is 21.6. The van der Waals surface area contributed by atoms with E-state index in [0.29, 0.717) is 0 Å². The molecule has 1 heterocycles. The van der Waals surface area contributed by atoms with Gasteiger partial charge in [-0.1, -0.05) is 6.08 Å². The van der Waals surface area contributed by atoms with E-state index in [1.54, 1.807) is 0 Å². The molecular weight excluding hydrogens is 256 g/mol. The quantitative estimate of drug-likeness (QED) is 0.539. The van der Waals surface area contributed by atoms with Crippen LogP contribution in [0.5, 0.6) is 0 Å². The Kier molecular flexibility index (Phi) is 4.68. The van der Waals surface area contributed by atoms with Gasteiger partial charge in [-0.15, -0.1) is 6.58 Å². The van der Waals surface area contributed by atoms with E-state index in [-0.39, 0.29) is 12.2 Å². The number of hydrogen-bond donors (Lipinski definition) is 0. The third kappa shape index (κ3) is 4.46. The number of ether oxygens (including phenoxy) is 4. The summed E-state index contributed by atoms with van der Waals surface area (Å²) in [6.07, 6.45) is 2.39. The predicted molar refractivity (Wildman–Crippen MR) is 61.2 cm³/mol. The summed E-state index contributed by atoms with van der Waals surface area (Å²) < 4.78 is 19.6. The molecule has 0 N–H and O–H groups in total. The topological polar surface area (TPSA) is 88.1 Å². The summed E-state index contributed by atoms with van der Waals surface area (Å²) in [5.41, 5.74) is 0. The molecule has 104 valence electrons. The second-order valence-electron chi connectivity index (χ2n) is 3.71. The van der Waals surface area contributed by atoms with Crippen molar-refractivity contribution in [2.24, 2.45) is 0 Å². The molecule has 19 heavy (non-hydrogen) atoms. The molecule has 0 amide bonds. The lowest BCUT2D eigenvalue weighted by Crippen LogP contribution is -2.48. The first-order valence-electron chi connectivity index (χ1n) is 5.43. The number of esters is 3. The molecule has 0 saturated carbocycles. The number of rotatable bonds is 5. The summed E-state index contributed by atoms with van der Waals surface area (Å²) in [4.78, 5) is 33.6. The average Bonchev–Trinajstić information content (AvgIpc) is 2.24. The van der Waals surface area contributed by atoms with E-state index in [1.165, 1.54) is 13.0 Å². The van der Waals surface area contributed by atoms with Crippen LogP contribution >= 0.6 is 0 Å². The third-order valence-electron chi connectivity index (χ3n) is 1.91. The molecular formula is C12H14O7. The fourth-order valence-corrected chi connectivity index (χ4v) is 1.34. The van der Waals surface area contributed by atoms with E-state index in [9.17, 15) is 14.4 Å². The van der Waals surface area contributed by atoms with Crippen molar-refractivity contribution in [1.82, 2.24) is 0 Å². The van der Waals surface area contributed by atoms with E-state index in [4.69, 9.17) is 18.9 Å². The molecule has 0 spiro atoms. The van der Waals surface area contributed by atoms with Crippen LogP contribution in [0.1, 0.15) is 20.3 Å². The van der Waals surface area contributed by atoms with Gasteiger partial charge in [-0.3, -0.25) is 9.59 Å². The largest absolute Gasteiger partial charge is 0.458 e. The van der Waals surface area contributed by atoms with Gasteiger partial charge in [-0.05, 0) is 6.92 Å². The Morgan fingerprint density at radius 1 is 1.47 bits per heavy atom. The van der Waals surface area contributed by atoms with Crippen molar-refractivity contribution in [3.63, 3.8) is 0 Å². The number of carbonyl (C=O) groups is 3. The Hall–Kier alpha value is -2.31. The number of cyclic esters (lactones) is 1. The Morgan fingerprint density at radius 2 is 2.16 bits per heavy atom.